The summed E-state index contributed by atoms with van der Waals surface area (Å²) in [6, 6.07) is 9.76. The van der Waals surface area contributed by atoms with E-state index in [9.17, 15) is 10.4 Å². The average molecular weight is 309 g/mol. The lowest BCUT2D eigenvalue weighted by Gasteiger charge is -2.39. The van der Waals surface area contributed by atoms with Gasteiger partial charge in [0.2, 0.25) is 0 Å². The number of aliphatic hydroxyl groups is 1. The maximum absolute atomic E-state index is 10.0. The van der Waals surface area contributed by atoms with E-state index in [0.29, 0.717) is 17.6 Å². The number of morpholine rings is 1. The zero-order valence-electron chi connectivity index (χ0n) is 13.0. The summed E-state index contributed by atoms with van der Waals surface area (Å²) in [6.45, 7) is 6.90. The van der Waals surface area contributed by atoms with E-state index in [0.717, 1.165) is 17.6 Å². The standard InChI is InChI=1S/C18H19N3O2/c1-3-16(22)17-11-21(10-12(2)23-17)15-7-6-13(9-19)18-14(15)5-4-8-20-18/h3-8,12,16-17,22H,1,10-11H2,2H3/t12-,16-,17-/m1/s1. The first kappa shape index (κ1) is 15.5. The van der Waals surface area contributed by atoms with E-state index in [1.807, 2.05) is 25.1 Å². The van der Waals surface area contributed by atoms with Gasteiger partial charge >= 0.3 is 0 Å². The van der Waals surface area contributed by atoms with E-state index in [1.165, 1.54) is 6.08 Å². The van der Waals surface area contributed by atoms with Crippen LogP contribution in [0.25, 0.3) is 10.9 Å². The van der Waals surface area contributed by atoms with Gasteiger partial charge < -0.3 is 14.7 Å². The molecule has 0 amide bonds. The molecule has 2 aromatic rings. The van der Waals surface area contributed by atoms with Gasteiger partial charge in [0.05, 0.1) is 23.3 Å². The number of hydrogen-bond acceptors (Lipinski definition) is 5. The van der Waals surface area contributed by atoms with E-state index in [-0.39, 0.29) is 12.2 Å². The molecule has 118 valence electrons. The van der Waals surface area contributed by atoms with Crippen LogP contribution in [0.4, 0.5) is 5.69 Å². The first-order valence-electron chi connectivity index (χ1n) is 7.63. The van der Waals surface area contributed by atoms with Gasteiger partial charge in [-0.25, -0.2) is 0 Å². The van der Waals surface area contributed by atoms with E-state index >= 15 is 0 Å². The lowest BCUT2D eigenvalue weighted by Crippen LogP contribution is -2.50. The molecule has 3 atom stereocenters. The number of benzene rings is 1. The van der Waals surface area contributed by atoms with Crippen molar-refractivity contribution in [2.75, 3.05) is 18.0 Å². The molecule has 0 bridgehead atoms. The Bertz CT molecular complexity index is 768. The van der Waals surface area contributed by atoms with Crippen LogP contribution in [-0.2, 0) is 4.74 Å². The summed E-state index contributed by atoms with van der Waals surface area (Å²) in [5.74, 6) is 0. The summed E-state index contributed by atoms with van der Waals surface area (Å²) >= 11 is 0. The first-order chi connectivity index (χ1) is 11.1. The zero-order chi connectivity index (χ0) is 16.4. The van der Waals surface area contributed by atoms with Crippen molar-refractivity contribution < 1.29 is 9.84 Å². The van der Waals surface area contributed by atoms with Gasteiger partial charge in [-0.2, -0.15) is 5.26 Å². The molecule has 5 heteroatoms. The molecule has 5 nitrogen and oxygen atoms in total. The molecule has 1 N–H and O–H groups in total. The summed E-state index contributed by atoms with van der Waals surface area (Å²) in [5.41, 5.74) is 2.27. The number of fused-ring (bicyclic) bond motifs is 1. The quantitative estimate of drug-likeness (QED) is 0.881. The van der Waals surface area contributed by atoms with Crippen LogP contribution < -0.4 is 4.90 Å². The number of pyridine rings is 1. The smallest absolute Gasteiger partial charge is 0.105 e. The lowest BCUT2D eigenvalue weighted by molar-refractivity contribution is -0.0646. The summed E-state index contributed by atoms with van der Waals surface area (Å²) in [5, 5.41) is 20.2. The van der Waals surface area contributed by atoms with Crippen molar-refractivity contribution in [1.29, 1.82) is 5.26 Å². The number of nitrogens with zero attached hydrogens (tertiary/aromatic N) is 3. The molecule has 0 radical (unpaired) electrons. The second-order valence-electron chi connectivity index (χ2n) is 5.76. The Kier molecular flexibility index (Phi) is 4.28. The molecule has 1 fully saturated rings. The van der Waals surface area contributed by atoms with E-state index in [4.69, 9.17) is 4.74 Å². The molecule has 0 aliphatic carbocycles. The van der Waals surface area contributed by atoms with Crippen LogP contribution in [0.3, 0.4) is 0 Å². The number of ether oxygens (including phenoxy) is 1. The Hall–Kier alpha value is -2.42. The van der Waals surface area contributed by atoms with Crippen molar-refractivity contribution in [3.05, 3.63) is 48.7 Å². The summed E-state index contributed by atoms with van der Waals surface area (Å²) in [6.07, 6.45) is 2.16. The topological polar surface area (TPSA) is 69.4 Å². The summed E-state index contributed by atoms with van der Waals surface area (Å²) in [7, 11) is 0. The fourth-order valence-electron chi connectivity index (χ4n) is 3.05. The van der Waals surface area contributed by atoms with E-state index < -0.39 is 6.10 Å². The molecule has 0 saturated carbocycles. The third-order valence-electron chi connectivity index (χ3n) is 4.12. The highest BCUT2D eigenvalue weighted by Gasteiger charge is 2.30. The number of rotatable bonds is 3. The Labute approximate surface area is 135 Å². The second kappa shape index (κ2) is 6.37. The molecule has 0 unspecified atom stereocenters. The fraction of sp³-hybridized carbons (Fsp3) is 0.333. The van der Waals surface area contributed by atoms with Crippen LogP contribution in [-0.4, -0.2) is 41.5 Å². The molecule has 1 aromatic heterocycles. The van der Waals surface area contributed by atoms with E-state index in [2.05, 4.69) is 22.5 Å². The molecule has 1 saturated heterocycles. The maximum atomic E-state index is 10.0. The van der Waals surface area contributed by atoms with Gasteiger partial charge in [-0.3, -0.25) is 4.98 Å². The van der Waals surface area contributed by atoms with Gasteiger partial charge in [-0.1, -0.05) is 6.08 Å². The van der Waals surface area contributed by atoms with Crippen molar-refractivity contribution in [3.63, 3.8) is 0 Å². The van der Waals surface area contributed by atoms with Crippen LogP contribution >= 0.6 is 0 Å². The second-order valence-corrected chi connectivity index (χ2v) is 5.76. The predicted octanol–water partition coefficient (Wildman–Crippen LogP) is 2.25. The van der Waals surface area contributed by atoms with E-state index in [1.54, 1.807) is 12.3 Å². The highest BCUT2D eigenvalue weighted by molar-refractivity contribution is 5.95. The minimum Gasteiger partial charge on any atom is -0.386 e. The maximum Gasteiger partial charge on any atom is 0.105 e. The van der Waals surface area contributed by atoms with Crippen LogP contribution in [0.5, 0.6) is 0 Å². The van der Waals surface area contributed by atoms with Crippen LogP contribution in [0.15, 0.2) is 43.1 Å². The van der Waals surface area contributed by atoms with Gasteiger partial charge in [0.25, 0.3) is 0 Å². The molecule has 3 rings (SSSR count). The van der Waals surface area contributed by atoms with Crippen molar-refractivity contribution in [2.45, 2.75) is 25.2 Å². The number of aromatic nitrogens is 1. The monoisotopic (exact) mass is 309 g/mol. The largest absolute Gasteiger partial charge is 0.386 e. The van der Waals surface area contributed by atoms with Gasteiger partial charge in [0.15, 0.2) is 0 Å². The van der Waals surface area contributed by atoms with Crippen LogP contribution in [0.2, 0.25) is 0 Å². The molecular formula is C18H19N3O2. The Morgan fingerprint density at radius 3 is 3.04 bits per heavy atom. The first-order valence-corrected chi connectivity index (χ1v) is 7.63. The van der Waals surface area contributed by atoms with Crippen molar-refractivity contribution in [2.24, 2.45) is 0 Å². The molecule has 1 aromatic carbocycles. The summed E-state index contributed by atoms with van der Waals surface area (Å²) in [4.78, 5) is 6.53. The molecule has 23 heavy (non-hydrogen) atoms. The van der Waals surface area contributed by atoms with Crippen molar-refractivity contribution in [3.8, 4) is 6.07 Å². The van der Waals surface area contributed by atoms with Gasteiger partial charge in [-0.15, -0.1) is 6.58 Å². The van der Waals surface area contributed by atoms with Crippen LogP contribution in [0, 0.1) is 11.3 Å². The molecule has 0 spiro atoms. The lowest BCUT2D eigenvalue weighted by atomic mass is 10.0. The minimum atomic E-state index is -0.706. The van der Waals surface area contributed by atoms with Gasteiger partial charge in [-0.05, 0) is 31.2 Å². The number of nitriles is 1. The number of aliphatic hydroxyl groups excluding tert-OH is 1. The van der Waals surface area contributed by atoms with Gasteiger partial charge in [0, 0.05) is 30.4 Å². The minimum absolute atomic E-state index is 0.00860. The Morgan fingerprint density at radius 1 is 1.48 bits per heavy atom. The number of hydrogen-bond donors (Lipinski definition) is 1. The normalized spacial score (nSPS) is 22.6. The average Bonchev–Trinajstić information content (AvgIpc) is 2.59. The fourth-order valence-corrected chi connectivity index (χ4v) is 3.05. The number of anilines is 1. The molecule has 1 aliphatic heterocycles. The highest BCUT2D eigenvalue weighted by Crippen LogP contribution is 2.30. The summed E-state index contributed by atoms with van der Waals surface area (Å²) < 4.78 is 5.82. The molecule has 1 aliphatic rings. The highest BCUT2D eigenvalue weighted by atomic mass is 16.5. The van der Waals surface area contributed by atoms with Crippen molar-refractivity contribution >= 4 is 16.6 Å². The molecule has 2 heterocycles. The van der Waals surface area contributed by atoms with Crippen molar-refractivity contribution in [1.82, 2.24) is 4.98 Å². The SMILES string of the molecule is C=C[C@@H](O)[C@H]1CN(c2ccc(C#N)c3ncccc23)C[C@@H](C)O1. The van der Waals surface area contributed by atoms with Crippen LogP contribution in [0.1, 0.15) is 12.5 Å². The molecular weight excluding hydrogens is 290 g/mol. The van der Waals surface area contributed by atoms with Gasteiger partial charge in [0.1, 0.15) is 12.2 Å². The zero-order valence-corrected chi connectivity index (χ0v) is 13.0. The third-order valence-corrected chi connectivity index (χ3v) is 4.12. The third kappa shape index (κ3) is 2.91. The predicted molar refractivity (Wildman–Crippen MR) is 89.2 cm³/mol. The Balaban J connectivity index is 2.03. The Morgan fingerprint density at radius 2 is 2.30 bits per heavy atom.